The van der Waals surface area contributed by atoms with E-state index in [1.807, 2.05) is 0 Å². The van der Waals surface area contributed by atoms with Crippen LogP contribution in [0.2, 0.25) is 0 Å². The Morgan fingerprint density at radius 1 is 1.29 bits per heavy atom. The van der Waals surface area contributed by atoms with Crippen LogP contribution in [0.15, 0.2) is 24.3 Å². The molecule has 1 aromatic carbocycles. The van der Waals surface area contributed by atoms with Crippen molar-refractivity contribution in [2.24, 2.45) is 0 Å². The zero-order valence-electron chi connectivity index (χ0n) is 11.9. The van der Waals surface area contributed by atoms with E-state index < -0.39 is 9.84 Å². The second-order valence-electron chi connectivity index (χ2n) is 4.59. The molecule has 1 amide bonds. The minimum Gasteiger partial charge on any atom is -0.395 e. The maximum Gasteiger partial charge on any atom is 0.251 e. The number of hydrogen-bond donors (Lipinski definition) is 2. The van der Waals surface area contributed by atoms with Gasteiger partial charge in [0.1, 0.15) is 9.84 Å². The Bertz CT molecular complexity index is 624. The van der Waals surface area contributed by atoms with Crippen LogP contribution in [0.5, 0.6) is 0 Å². The van der Waals surface area contributed by atoms with Crippen molar-refractivity contribution in [3.63, 3.8) is 0 Å². The lowest BCUT2D eigenvalue weighted by Crippen LogP contribution is -2.25. The number of hydrogen-bond acceptors (Lipinski definition) is 4. The molecule has 0 radical (unpaired) electrons. The maximum absolute atomic E-state index is 11.8. The van der Waals surface area contributed by atoms with Crippen LogP contribution in [0, 0.1) is 11.8 Å². The highest BCUT2D eigenvalue weighted by Gasteiger charge is 2.06. The van der Waals surface area contributed by atoms with E-state index in [-0.39, 0.29) is 18.3 Å². The van der Waals surface area contributed by atoms with E-state index in [1.54, 1.807) is 24.3 Å². The summed E-state index contributed by atoms with van der Waals surface area (Å²) in [7, 11) is -2.99. The Labute approximate surface area is 125 Å². The molecule has 0 aliphatic rings. The molecule has 0 heterocycles. The first kappa shape index (κ1) is 17.2. The molecule has 1 rings (SSSR count). The van der Waals surface area contributed by atoms with Crippen LogP contribution in [-0.4, -0.2) is 44.6 Å². The fraction of sp³-hybridized carbons (Fsp3) is 0.400. The fourth-order valence-electron chi connectivity index (χ4n) is 1.56. The molecule has 5 nitrogen and oxygen atoms in total. The van der Waals surface area contributed by atoms with Crippen LogP contribution >= 0.6 is 0 Å². The molecule has 0 saturated heterocycles. The van der Waals surface area contributed by atoms with Gasteiger partial charge in [0.2, 0.25) is 0 Å². The summed E-state index contributed by atoms with van der Waals surface area (Å²) in [6.07, 6.45) is 1.99. The molecule has 0 atom stereocenters. The predicted molar refractivity (Wildman–Crippen MR) is 81.7 cm³/mol. The van der Waals surface area contributed by atoms with Crippen molar-refractivity contribution in [2.45, 2.75) is 12.8 Å². The number of benzene rings is 1. The number of aliphatic hydroxyl groups excluding tert-OH is 1. The number of carbonyl (C=O) groups is 1. The first-order valence-corrected chi connectivity index (χ1v) is 8.64. The van der Waals surface area contributed by atoms with Crippen LogP contribution in [0.1, 0.15) is 28.8 Å². The normalized spacial score (nSPS) is 10.6. The van der Waals surface area contributed by atoms with E-state index in [0.29, 0.717) is 24.9 Å². The minimum atomic E-state index is -2.99. The highest BCUT2D eigenvalue weighted by molar-refractivity contribution is 7.90. The summed E-state index contributed by atoms with van der Waals surface area (Å²) < 4.78 is 21.9. The van der Waals surface area contributed by atoms with E-state index in [0.717, 1.165) is 5.56 Å². The Balaban J connectivity index is 2.47. The minimum absolute atomic E-state index is 0.0287. The Hall–Kier alpha value is -1.84. The molecule has 2 N–H and O–H groups in total. The van der Waals surface area contributed by atoms with Crippen molar-refractivity contribution in [3.8, 4) is 11.8 Å². The lowest BCUT2D eigenvalue weighted by atomic mass is 10.1. The van der Waals surface area contributed by atoms with Crippen LogP contribution < -0.4 is 5.32 Å². The van der Waals surface area contributed by atoms with Crippen LogP contribution in [0.4, 0.5) is 0 Å². The summed E-state index contributed by atoms with van der Waals surface area (Å²) in [5, 5.41) is 11.3. The summed E-state index contributed by atoms with van der Waals surface area (Å²) in [5.74, 6) is 5.50. The lowest BCUT2D eigenvalue weighted by molar-refractivity contribution is 0.0953. The number of amides is 1. The van der Waals surface area contributed by atoms with E-state index in [2.05, 4.69) is 17.2 Å². The van der Waals surface area contributed by atoms with Gasteiger partial charge in [-0.1, -0.05) is 11.8 Å². The third-order valence-corrected chi connectivity index (χ3v) is 3.62. The highest BCUT2D eigenvalue weighted by atomic mass is 32.2. The molecule has 0 aliphatic heterocycles. The van der Waals surface area contributed by atoms with Gasteiger partial charge in [0.15, 0.2) is 0 Å². The molecular weight excluding hydrogens is 290 g/mol. The summed E-state index contributed by atoms with van der Waals surface area (Å²) in [6.45, 7) is 0.352. The topological polar surface area (TPSA) is 83.5 Å². The molecule has 0 bridgehead atoms. The van der Waals surface area contributed by atoms with Gasteiger partial charge in [-0.05, 0) is 30.7 Å². The Kier molecular flexibility index (Phi) is 6.92. The van der Waals surface area contributed by atoms with Gasteiger partial charge >= 0.3 is 0 Å². The van der Waals surface area contributed by atoms with Crippen molar-refractivity contribution in [2.75, 3.05) is 25.2 Å². The van der Waals surface area contributed by atoms with Crippen LogP contribution in [0.25, 0.3) is 0 Å². The van der Waals surface area contributed by atoms with Gasteiger partial charge < -0.3 is 10.4 Å². The predicted octanol–water partition coefficient (Wildman–Crippen LogP) is 0.585. The molecule has 0 spiro atoms. The monoisotopic (exact) mass is 309 g/mol. The zero-order chi connectivity index (χ0) is 15.7. The van der Waals surface area contributed by atoms with Gasteiger partial charge in [-0.25, -0.2) is 8.42 Å². The van der Waals surface area contributed by atoms with E-state index in [4.69, 9.17) is 5.11 Å². The summed E-state index contributed by atoms with van der Waals surface area (Å²) in [6, 6.07) is 6.79. The average Bonchev–Trinajstić information content (AvgIpc) is 2.43. The molecule has 0 aliphatic carbocycles. The van der Waals surface area contributed by atoms with Crippen molar-refractivity contribution >= 4 is 15.7 Å². The van der Waals surface area contributed by atoms with E-state index >= 15 is 0 Å². The second-order valence-corrected chi connectivity index (χ2v) is 6.85. The number of rotatable bonds is 6. The van der Waals surface area contributed by atoms with Crippen molar-refractivity contribution < 1.29 is 18.3 Å². The third kappa shape index (κ3) is 7.49. The summed E-state index contributed by atoms with van der Waals surface area (Å²) >= 11 is 0. The molecule has 0 aromatic heterocycles. The largest absolute Gasteiger partial charge is 0.395 e. The lowest BCUT2D eigenvalue weighted by Gasteiger charge is -2.04. The summed E-state index contributed by atoms with van der Waals surface area (Å²) in [4.78, 5) is 11.8. The van der Waals surface area contributed by atoms with Crippen LogP contribution in [-0.2, 0) is 9.84 Å². The first-order valence-electron chi connectivity index (χ1n) is 6.58. The molecule has 0 saturated carbocycles. The quantitative estimate of drug-likeness (QED) is 0.595. The van der Waals surface area contributed by atoms with Gasteiger partial charge in [0.05, 0.1) is 12.4 Å². The Morgan fingerprint density at radius 2 is 1.95 bits per heavy atom. The van der Waals surface area contributed by atoms with Gasteiger partial charge in [0, 0.05) is 30.3 Å². The molecule has 114 valence electrons. The smallest absolute Gasteiger partial charge is 0.251 e. The van der Waals surface area contributed by atoms with Gasteiger partial charge in [-0.2, -0.15) is 0 Å². The highest BCUT2D eigenvalue weighted by Crippen LogP contribution is 2.03. The van der Waals surface area contributed by atoms with Gasteiger partial charge in [0.25, 0.3) is 5.91 Å². The molecule has 1 aromatic rings. The average molecular weight is 309 g/mol. The Morgan fingerprint density at radius 3 is 2.52 bits per heavy atom. The molecule has 21 heavy (non-hydrogen) atoms. The van der Waals surface area contributed by atoms with Crippen molar-refractivity contribution in [1.29, 1.82) is 0 Å². The first-order chi connectivity index (χ1) is 9.92. The van der Waals surface area contributed by atoms with Crippen molar-refractivity contribution in [1.82, 2.24) is 5.32 Å². The van der Waals surface area contributed by atoms with Gasteiger partial charge in [-0.3, -0.25) is 4.79 Å². The fourth-order valence-corrected chi connectivity index (χ4v) is 2.23. The maximum atomic E-state index is 11.8. The number of nitrogens with one attached hydrogen (secondary N) is 1. The van der Waals surface area contributed by atoms with Gasteiger partial charge in [-0.15, -0.1) is 0 Å². The second kappa shape index (κ2) is 8.45. The molecular formula is C15H19NO4S. The summed E-state index contributed by atoms with van der Waals surface area (Å²) in [5.41, 5.74) is 1.28. The molecule has 6 heteroatoms. The van der Waals surface area contributed by atoms with E-state index in [1.165, 1.54) is 6.26 Å². The molecule has 0 unspecified atom stereocenters. The SMILES string of the molecule is CS(=O)(=O)CCCNC(=O)c1ccc(C#CCCO)cc1. The number of aliphatic hydroxyl groups is 1. The standard InChI is InChI=1S/C15H19NO4S/c1-21(19,20)12-4-10-16-15(18)14-8-6-13(7-9-14)5-2-3-11-17/h6-9,17H,3-4,10-12H2,1H3,(H,16,18). The molecule has 0 fully saturated rings. The van der Waals surface area contributed by atoms with Crippen molar-refractivity contribution in [3.05, 3.63) is 35.4 Å². The zero-order valence-corrected chi connectivity index (χ0v) is 12.7. The number of carbonyl (C=O) groups excluding carboxylic acids is 1. The van der Waals surface area contributed by atoms with Crippen LogP contribution in [0.3, 0.4) is 0 Å². The third-order valence-electron chi connectivity index (χ3n) is 2.59. The van der Waals surface area contributed by atoms with E-state index in [9.17, 15) is 13.2 Å². The number of sulfone groups is 1.